The van der Waals surface area contributed by atoms with Crippen molar-refractivity contribution in [1.82, 2.24) is 29.8 Å². The fourth-order valence-corrected chi connectivity index (χ4v) is 7.75. The Labute approximate surface area is 272 Å². The maximum atomic E-state index is 13.9. The molecule has 3 saturated heterocycles. The van der Waals surface area contributed by atoms with Gasteiger partial charge in [-0.05, 0) is 80.1 Å². The summed E-state index contributed by atoms with van der Waals surface area (Å²) in [6.45, 7) is 5.11. The van der Waals surface area contributed by atoms with Crippen LogP contribution in [0, 0.1) is 5.41 Å². The lowest BCUT2D eigenvalue weighted by molar-refractivity contribution is -0.132. The van der Waals surface area contributed by atoms with E-state index in [1.54, 1.807) is 7.05 Å². The highest BCUT2D eigenvalue weighted by atomic mass is 16.5. The molecule has 2 aromatic heterocycles. The third-order valence-electron chi connectivity index (χ3n) is 10.6. The van der Waals surface area contributed by atoms with Crippen molar-refractivity contribution in [2.75, 3.05) is 57.4 Å². The molecule has 0 saturated carbocycles. The van der Waals surface area contributed by atoms with E-state index < -0.39 is 11.2 Å². The number of nitrogens with zero attached hydrogens (tertiary/aromatic N) is 6. The number of carbonyl (C=O) groups is 2. The molecule has 4 aromatic rings. The number of anilines is 1. The smallest absolute Gasteiger partial charge is 0.388 e. The van der Waals surface area contributed by atoms with Gasteiger partial charge in [-0.2, -0.15) is 9.78 Å². The third-order valence-corrected chi connectivity index (χ3v) is 10.6. The van der Waals surface area contributed by atoms with Crippen molar-refractivity contribution in [3.8, 4) is 11.5 Å². The van der Waals surface area contributed by atoms with E-state index in [2.05, 4.69) is 32.3 Å². The summed E-state index contributed by atoms with van der Waals surface area (Å²) in [5.41, 5.74) is 5.57. The lowest BCUT2D eigenvalue weighted by atomic mass is 9.85. The van der Waals surface area contributed by atoms with Crippen LogP contribution in [-0.4, -0.2) is 94.1 Å². The van der Waals surface area contributed by atoms with Crippen LogP contribution < -0.4 is 10.7 Å². The Balaban J connectivity index is 0.881. The van der Waals surface area contributed by atoms with E-state index in [0.29, 0.717) is 44.5 Å². The number of aromatic amines is 1. The van der Waals surface area contributed by atoms with Gasteiger partial charge in [-0.15, -0.1) is 5.10 Å². The minimum absolute atomic E-state index is 0.103. The van der Waals surface area contributed by atoms with Crippen LogP contribution in [0.1, 0.15) is 49.3 Å². The van der Waals surface area contributed by atoms with Crippen molar-refractivity contribution in [3.63, 3.8) is 0 Å². The minimum Gasteiger partial charge on any atom is -0.388 e. The molecular formula is C35H39N7O5. The van der Waals surface area contributed by atoms with Crippen LogP contribution in [0.5, 0.6) is 0 Å². The molecule has 12 nitrogen and oxygen atoms in total. The first-order chi connectivity index (χ1) is 22.9. The van der Waals surface area contributed by atoms with Crippen LogP contribution >= 0.6 is 0 Å². The highest BCUT2D eigenvalue weighted by molar-refractivity contribution is 6.02. The summed E-state index contributed by atoms with van der Waals surface area (Å²) in [6.07, 6.45) is 6.38. The van der Waals surface area contributed by atoms with Crippen LogP contribution in [0.15, 0.2) is 57.8 Å². The number of hydrogen-bond donors (Lipinski definition) is 1. The highest BCUT2D eigenvalue weighted by Crippen LogP contribution is 2.43. The molecule has 47 heavy (non-hydrogen) atoms. The van der Waals surface area contributed by atoms with Gasteiger partial charge in [-0.3, -0.25) is 19.6 Å². The van der Waals surface area contributed by atoms with Crippen molar-refractivity contribution >= 4 is 34.0 Å². The number of ether oxygens (including phenoxy) is 1. The lowest BCUT2D eigenvalue weighted by Crippen LogP contribution is -2.43. The Kier molecular flexibility index (Phi) is 7.56. The van der Waals surface area contributed by atoms with Gasteiger partial charge in [0.1, 0.15) is 0 Å². The fraction of sp³-hybridized carbons (Fsp3) is 0.457. The monoisotopic (exact) mass is 637 g/mol. The van der Waals surface area contributed by atoms with Crippen LogP contribution in [0.2, 0.25) is 0 Å². The number of fused-ring (bicyclic) bond motifs is 1. The lowest BCUT2D eigenvalue weighted by Gasteiger charge is -2.29. The molecule has 8 rings (SSSR count). The molecule has 1 unspecified atom stereocenters. The van der Waals surface area contributed by atoms with Gasteiger partial charge in [0.25, 0.3) is 0 Å². The molecule has 12 heteroatoms. The summed E-state index contributed by atoms with van der Waals surface area (Å²) < 4.78 is 11.9. The Bertz CT molecular complexity index is 1920. The molecule has 0 aliphatic carbocycles. The van der Waals surface area contributed by atoms with Gasteiger partial charge in [0, 0.05) is 69.0 Å². The average Bonchev–Trinajstić information content (AvgIpc) is 3.88. The second-order valence-electron chi connectivity index (χ2n) is 13.4. The molecule has 1 atom stereocenters. The summed E-state index contributed by atoms with van der Waals surface area (Å²) in [4.78, 5) is 44.9. The van der Waals surface area contributed by atoms with Crippen LogP contribution in [0.25, 0.3) is 27.9 Å². The van der Waals surface area contributed by atoms with Crippen molar-refractivity contribution in [2.24, 2.45) is 12.5 Å². The highest BCUT2D eigenvalue weighted by Gasteiger charge is 2.51. The molecule has 2 aromatic carbocycles. The van der Waals surface area contributed by atoms with Gasteiger partial charge in [-0.25, -0.2) is 4.79 Å². The van der Waals surface area contributed by atoms with Crippen molar-refractivity contribution < 1.29 is 18.7 Å². The van der Waals surface area contributed by atoms with Crippen molar-refractivity contribution in [1.29, 1.82) is 0 Å². The summed E-state index contributed by atoms with van der Waals surface area (Å²) in [5.74, 6) is 0.445. The molecule has 2 amide bonds. The Hall–Kier alpha value is -4.55. The molecule has 1 N–H and O–H groups in total. The van der Waals surface area contributed by atoms with E-state index in [0.717, 1.165) is 85.3 Å². The van der Waals surface area contributed by atoms with E-state index in [1.807, 2.05) is 46.2 Å². The summed E-state index contributed by atoms with van der Waals surface area (Å²) in [6, 6.07) is 14.0. The Morgan fingerprint density at radius 3 is 2.55 bits per heavy atom. The SMILES string of the molecule is Cn1nc(-c2ccc(C3=CCN(C(=O)CN4CCC5(CCN(c6ccc7[nH]nc(C8CCOCC8)c7c6)C5=O)C4)CC3)cc2)oc1=O. The number of amides is 2. The second kappa shape index (κ2) is 11.9. The first-order valence-electron chi connectivity index (χ1n) is 16.6. The number of aromatic nitrogens is 4. The van der Waals surface area contributed by atoms with Crippen molar-refractivity contribution in [2.45, 2.75) is 38.0 Å². The predicted octanol–water partition coefficient (Wildman–Crippen LogP) is 3.56. The number of hydrogen-bond acceptors (Lipinski definition) is 8. The van der Waals surface area contributed by atoms with E-state index in [1.165, 1.54) is 10.3 Å². The van der Waals surface area contributed by atoms with Crippen molar-refractivity contribution in [3.05, 3.63) is 70.3 Å². The quantitative estimate of drug-likeness (QED) is 0.340. The zero-order chi connectivity index (χ0) is 32.1. The number of H-pyrrole nitrogens is 1. The van der Waals surface area contributed by atoms with E-state index in [9.17, 15) is 14.4 Å². The molecule has 4 aliphatic rings. The van der Waals surface area contributed by atoms with Gasteiger partial charge < -0.3 is 19.0 Å². The number of aryl methyl sites for hydroxylation is 1. The van der Waals surface area contributed by atoms with Gasteiger partial charge >= 0.3 is 5.76 Å². The molecule has 0 radical (unpaired) electrons. The number of benzene rings is 2. The van der Waals surface area contributed by atoms with Gasteiger partial charge in [0.05, 0.1) is 23.2 Å². The van der Waals surface area contributed by atoms with Crippen LogP contribution in [0.3, 0.4) is 0 Å². The zero-order valence-electron chi connectivity index (χ0n) is 26.6. The molecule has 0 bridgehead atoms. The summed E-state index contributed by atoms with van der Waals surface area (Å²) in [7, 11) is 1.56. The molecule has 4 aliphatic heterocycles. The normalized spacial score (nSPS) is 22.6. The maximum Gasteiger partial charge on any atom is 0.437 e. The van der Waals surface area contributed by atoms with Gasteiger partial charge in [0.2, 0.25) is 17.7 Å². The molecular weight excluding hydrogens is 598 g/mol. The van der Waals surface area contributed by atoms with Crippen LogP contribution in [-0.2, 0) is 21.4 Å². The first kappa shape index (κ1) is 29.8. The standard InChI is InChI=1S/C35H39N7O5/c1-39-34(45)47-32(38-39)26-4-2-23(3-5-26)24-8-14-41(15-9-24)30(43)21-40-16-12-35(22-40)13-17-42(33(35)44)27-6-7-29-28(20-27)31(37-36-29)25-10-18-46-19-11-25/h2-8,20,25H,9-19,21-22H2,1H3,(H,36,37). The van der Waals surface area contributed by atoms with E-state index >= 15 is 0 Å². The van der Waals surface area contributed by atoms with Gasteiger partial charge in [-0.1, -0.05) is 18.2 Å². The maximum absolute atomic E-state index is 13.9. The Morgan fingerprint density at radius 2 is 1.81 bits per heavy atom. The third kappa shape index (κ3) is 5.48. The van der Waals surface area contributed by atoms with E-state index in [-0.39, 0.29) is 11.8 Å². The summed E-state index contributed by atoms with van der Waals surface area (Å²) in [5, 5.41) is 13.0. The number of likely N-dealkylation sites (tertiary alicyclic amines) is 1. The largest absolute Gasteiger partial charge is 0.437 e. The summed E-state index contributed by atoms with van der Waals surface area (Å²) >= 11 is 0. The predicted molar refractivity (Wildman–Crippen MR) is 176 cm³/mol. The van der Waals surface area contributed by atoms with Crippen LogP contribution in [0.4, 0.5) is 5.69 Å². The number of carbonyl (C=O) groups excluding carboxylic acids is 2. The first-order valence-corrected chi connectivity index (χ1v) is 16.6. The average molecular weight is 638 g/mol. The fourth-order valence-electron chi connectivity index (χ4n) is 7.75. The number of rotatable bonds is 6. The molecule has 3 fully saturated rings. The second-order valence-corrected chi connectivity index (χ2v) is 13.4. The molecule has 244 valence electrons. The zero-order valence-corrected chi connectivity index (χ0v) is 26.6. The Morgan fingerprint density at radius 1 is 1.02 bits per heavy atom. The van der Waals surface area contributed by atoms with Gasteiger partial charge in [0.15, 0.2) is 0 Å². The minimum atomic E-state index is -0.493. The van der Waals surface area contributed by atoms with E-state index in [4.69, 9.17) is 9.15 Å². The molecule has 1 spiro atoms. The molecule has 6 heterocycles. The number of nitrogens with one attached hydrogen (secondary N) is 1. The topological polar surface area (TPSA) is 130 Å².